The van der Waals surface area contributed by atoms with Gasteiger partial charge in [0.25, 0.3) is 11.6 Å². The zero-order chi connectivity index (χ0) is 29.3. The summed E-state index contributed by atoms with van der Waals surface area (Å²) in [6, 6.07) is 4.23. The van der Waals surface area contributed by atoms with E-state index in [4.69, 9.17) is 5.11 Å². The Morgan fingerprint density at radius 1 is 0.921 bits per heavy atom. The van der Waals surface area contributed by atoms with E-state index in [0.29, 0.717) is 0 Å². The van der Waals surface area contributed by atoms with Crippen LogP contribution in [0.2, 0.25) is 0 Å². The highest BCUT2D eigenvalue weighted by Gasteiger charge is 2.70. The Hall–Kier alpha value is -2.73. The molecule has 1 unspecified atom stereocenters. The predicted molar refractivity (Wildman–Crippen MR) is 108 cm³/mol. The molecule has 1 aliphatic rings. The maximum atomic E-state index is 13.4. The fraction of sp³-hybridized carbons (Fsp3) is 0.550. The number of carbonyl (C=O) groups is 3. The molecule has 1 amide bonds. The molecule has 2 rings (SSSR count). The van der Waals surface area contributed by atoms with Gasteiger partial charge in [0, 0.05) is 13.1 Å². The molecule has 38 heavy (non-hydrogen) atoms. The first-order chi connectivity index (χ1) is 17.2. The largest absolute Gasteiger partial charge is 0.471 e. The standard InChI is InChI=1S/C20H19F9N2O6S/c21-18(22,23)14(33)17(15(34)19(24,25)26)10-12(5-7-31(17)16(35)20(27,28)29)9-11-1-3-13(4-2-11)38(36,37)30-6-8-32/h1-4,12,30,32H,5-10H2. The summed E-state index contributed by atoms with van der Waals surface area (Å²) >= 11 is 0. The summed E-state index contributed by atoms with van der Waals surface area (Å²) in [4.78, 5) is 35.0. The number of aliphatic hydroxyl groups excluding tert-OH is 1. The molecule has 18 heteroatoms. The number of ketones is 2. The third kappa shape index (κ3) is 6.63. The number of hydrogen-bond donors (Lipinski definition) is 2. The summed E-state index contributed by atoms with van der Waals surface area (Å²) in [6.07, 6.45) is -21.2. The number of carbonyl (C=O) groups excluding carboxylic acids is 3. The van der Waals surface area contributed by atoms with Crippen LogP contribution in [0.5, 0.6) is 0 Å². The number of alkyl halides is 9. The topological polar surface area (TPSA) is 121 Å². The molecule has 1 saturated heterocycles. The van der Waals surface area contributed by atoms with Gasteiger partial charge in [0.2, 0.25) is 10.0 Å². The van der Waals surface area contributed by atoms with Gasteiger partial charge in [0.05, 0.1) is 11.5 Å². The molecule has 214 valence electrons. The molecule has 8 nitrogen and oxygen atoms in total. The van der Waals surface area contributed by atoms with Gasteiger partial charge in [-0.05, 0) is 42.9 Å². The first-order valence-corrected chi connectivity index (χ1v) is 12.0. The van der Waals surface area contributed by atoms with Crippen LogP contribution in [-0.2, 0) is 30.8 Å². The number of aliphatic hydroxyl groups is 1. The number of benzene rings is 1. The minimum Gasteiger partial charge on any atom is -0.395 e. The number of nitrogens with zero attached hydrogens (tertiary/aromatic N) is 1. The zero-order valence-electron chi connectivity index (χ0n) is 18.9. The number of Topliss-reactive ketones (excluding diaryl/α,β-unsaturated/α-hetero) is 2. The van der Waals surface area contributed by atoms with Gasteiger partial charge in [-0.25, -0.2) is 13.1 Å². The molecule has 0 bridgehead atoms. The van der Waals surface area contributed by atoms with Crippen LogP contribution in [0, 0.1) is 5.92 Å². The molecule has 0 aliphatic carbocycles. The highest BCUT2D eigenvalue weighted by atomic mass is 32.2. The molecule has 1 aromatic carbocycles. The molecule has 2 N–H and O–H groups in total. The average Bonchev–Trinajstić information content (AvgIpc) is 2.79. The molecule has 1 fully saturated rings. The van der Waals surface area contributed by atoms with Crippen LogP contribution in [0.4, 0.5) is 39.5 Å². The van der Waals surface area contributed by atoms with Crippen molar-refractivity contribution in [2.24, 2.45) is 5.92 Å². The highest BCUT2D eigenvalue weighted by molar-refractivity contribution is 7.89. The lowest BCUT2D eigenvalue weighted by atomic mass is 9.72. The molecule has 1 atom stereocenters. The van der Waals surface area contributed by atoms with E-state index >= 15 is 0 Å². The van der Waals surface area contributed by atoms with Gasteiger partial charge in [-0.1, -0.05) is 12.1 Å². The van der Waals surface area contributed by atoms with Gasteiger partial charge in [-0.3, -0.25) is 14.4 Å². The first-order valence-electron chi connectivity index (χ1n) is 10.5. The highest BCUT2D eigenvalue weighted by Crippen LogP contribution is 2.44. The van der Waals surface area contributed by atoms with E-state index in [0.717, 1.165) is 24.3 Å². The van der Waals surface area contributed by atoms with Crippen LogP contribution >= 0.6 is 0 Å². The zero-order valence-corrected chi connectivity index (χ0v) is 19.7. The molecule has 0 saturated carbocycles. The van der Waals surface area contributed by atoms with Crippen molar-refractivity contribution in [3.8, 4) is 0 Å². The van der Waals surface area contributed by atoms with Gasteiger partial charge >= 0.3 is 24.4 Å². The monoisotopic (exact) mass is 586 g/mol. The van der Waals surface area contributed by atoms with Gasteiger partial charge in [0.15, 0.2) is 5.54 Å². The van der Waals surface area contributed by atoms with Gasteiger partial charge < -0.3 is 10.0 Å². The number of amides is 1. The predicted octanol–water partition coefficient (Wildman–Crippen LogP) is 2.30. The Morgan fingerprint density at radius 2 is 1.42 bits per heavy atom. The van der Waals surface area contributed by atoms with Crippen molar-refractivity contribution in [2.45, 2.75) is 48.2 Å². The lowest BCUT2D eigenvalue weighted by Gasteiger charge is -2.47. The van der Waals surface area contributed by atoms with Crippen molar-refractivity contribution >= 4 is 27.5 Å². The Kier molecular flexibility index (Phi) is 8.95. The lowest BCUT2D eigenvalue weighted by Crippen LogP contribution is -2.72. The summed E-state index contributed by atoms with van der Waals surface area (Å²) in [5.41, 5.74) is -4.46. The van der Waals surface area contributed by atoms with Crippen molar-refractivity contribution in [2.75, 3.05) is 19.7 Å². The van der Waals surface area contributed by atoms with Crippen LogP contribution < -0.4 is 4.72 Å². The smallest absolute Gasteiger partial charge is 0.395 e. The van der Waals surface area contributed by atoms with Crippen molar-refractivity contribution in [1.29, 1.82) is 0 Å². The molecular weight excluding hydrogens is 567 g/mol. The summed E-state index contributed by atoms with van der Waals surface area (Å²) in [7, 11) is -4.08. The minimum atomic E-state index is -6.22. The minimum absolute atomic E-state index is 0.0968. The quantitative estimate of drug-likeness (QED) is 0.357. The molecular formula is C20H19F9N2O6S. The molecule has 0 radical (unpaired) electrons. The van der Waals surface area contributed by atoms with E-state index in [2.05, 4.69) is 0 Å². The van der Waals surface area contributed by atoms with Gasteiger partial charge in [-0.2, -0.15) is 39.5 Å². The van der Waals surface area contributed by atoms with Crippen LogP contribution in [0.15, 0.2) is 29.2 Å². The Bertz CT molecular complexity index is 1140. The van der Waals surface area contributed by atoms with Crippen LogP contribution in [0.25, 0.3) is 0 Å². The summed E-state index contributed by atoms with van der Waals surface area (Å²) in [5.74, 6) is -11.6. The number of nitrogens with one attached hydrogen (secondary N) is 1. The van der Waals surface area contributed by atoms with E-state index in [9.17, 15) is 62.3 Å². The average molecular weight is 586 g/mol. The fourth-order valence-corrected chi connectivity index (χ4v) is 5.16. The van der Waals surface area contributed by atoms with Gasteiger partial charge in [0.1, 0.15) is 0 Å². The van der Waals surface area contributed by atoms with Gasteiger partial charge in [-0.15, -0.1) is 0 Å². The normalized spacial score (nSPS) is 18.8. The van der Waals surface area contributed by atoms with Crippen LogP contribution in [-0.4, -0.2) is 79.7 Å². The van der Waals surface area contributed by atoms with E-state index < -0.39 is 94.8 Å². The molecule has 1 heterocycles. The number of rotatable bonds is 8. The number of piperidine rings is 1. The molecule has 0 aromatic heterocycles. The summed E-state index contributed by atoms with van der Waals surface area (Å²) in [6.45, 7) is -2.28. The Balaban J connectivity index is 2.53. The fourth-order valence-electron chi connectivity index (χ4n) is 4.14. The van der Waals surface area contributed by atoms with Crippen molar-refractivity contribution < 1.29 is 67.4 Å². The third-order valence-corrected chi connectivity index (χ3v) is 7.20. The number of sulfonamides is 1. The maximum absolute atomic E-state index is 13.4. The lowest BCUT2D eigenvalue weighted by molar-refractivity contribution is -0.216. The van der Waals surface area contributed by atoms with Crippen molar-refractivity contribution in [1.82, 2.24) is 9.62 Å². The van der Waals surface area contributed by atoms with Crippen molar-refractivity contribution in [3.05, 3.63) is 29.8 Å². The van der Waals surface area contributed by atoms with E-state index in [1.54, 1.807) is 0 Å². The van der Waals surface area contributed by atoms with Crippen molar-refractivity contribution in [3.63, 3.8) is 0 Å². The van der Waals surface area contributed by atoms with E-state index in [-0.39, 0.29) is 17.0 Å². The van der Waals surface area contributed by atoms with E-state index in [1.807, 2.05) is 4.72 Å². The van der Waals surface area contributed by atoms with E-state index in [1.165, 1.54) is 0 Å². The SMILES string of the molecule is O=C(N1CCC(Cc2ccc(S(=O)(=O)NCCO)cc2)CC1(C(=O)C(F)(F)F)C(=O)C(F)(F)F)C(F)(F)F. The first kappa shape index (κ1) is 31.5. The Morgan fingerprint density at radius 3 is 1.84 bits per heavy atom. The summed E-state index contributed by atoms with van der Waals surface area (Å²) < 4.78 is 146. The molecule has 1 aromatic rings. The second kappa shape index (κ2) is 10.8. The number of halogens is 9. The van der Waals surface area contributed by atoms with Crippen LogP contribution in [0.1, 0.15) is 18.4 Å². The molecule has 1 aliphatic heterocycles. The second-order valence-corrected chi connectivity index (χ2v) is 10.1. The third-order valence-electron chi connectivity index (χ3n) is 5.72. The maximum Gasteiger partial charge on any atom is 0.471 e. The number of likely N-dealkylation sites (tertiary alicyclic amines) is 1. The summed E-state index contributed by atoms with van der Waals surface area (Å²) in [5, 5.41) is 8.72. The molecule has 0 spiro atoms. The van der Waals surface area contributed by atoms with Crippen LogP contribution in [0.3, 0.4) is 0 Å². The number of hydrogen-bond acceptors (Lipinski definition) is 6. The second-order valence-electron chi connectivity index (χ2n) is 8.30. The Labute approximate surface area is 208 Å².